The maximum absolute atomic E-state index is 5.16. The van der Waals surface area contributed by atoms with Gasteiger partial charge in [-0.05, 0) is 25.2 Å². The Hall–Kier alpha value is -0.130. The van der Waals surface area contributed by atoms with Crippen molar-refractivity contribution in [2.45, 2.75) is 32.7 Å². The average Bonchev–Trinajstić information content (AvgIpc) is 2.84. The summed E-state index contributed by atoms with van der Waals surface area (Å²) in [6.07, 6.45) is 7.93. The number of terminal acetylenes is 1. The van der Waals surface area contributed by atoms with Crippen molar-refractivity contribution in [3.63, 3.8) is 0 Å². The first-order chi connectivity index (χ1) is 6.19. The number of rotatable bonds is 6. The zero-order chi connectivity index (χ0) is 9.73. The second-order valence-electron chi connectivity index (χ2n) is 4.09. The Bertz CT molecular complexity index is 191. The van der Waals surface area contributed by atoms with Gasteiger partial charge in [0.15, 0.2) is 0 Å². The van der Waals surface area contributed by atoms with Crippen molar-refractivity contribution in [3.8, 4) is 12.3 Å². The Balaban J connectivity index is 1.97. The largest absolute Gasteiger partial charge is 0.313 e. The third-order valence-electron chi connectivity index (χ3n) is 2.97. The molecule has 1 saturated carbocycles. The summed E-state index contributed by atoms with van der Waals surface area (Å²) in [4.78, 5) is 0. The predicted octanol–water partition coefficient (Wildman–Crippen LogP) is 2.13. The molecule has 0 aromatic rings. The van der Waals surface area contributed by atoms with E-state index in [2.05, 4.69) is 25.1 Å². The molecule has 74 valence electrons. The van der Waals surface area contributed by atoms with E-state index in [-0.39, 0.29) is 0 Å². The first kappa shape index (κ1) is 10.9. The quantitative estimate of drug-likeness (QED) is 0.517. The molecule has 13 heavy (non-hydrogen) atoms. The number of nitrogens with one attached hydrogen (secondary N) is 1. The fourth-order valence-electron chi connectivity index (χ4n) is 1.36. The Kier molecular flexibility index (Phi) is 4.15. The van der Waals surface area contributed by atoms with Gasteiger partial charge in [-0.2, -0.15) is 0 Å². The molecule has 1 rings (SSSR count). The predicted molar refractivity (Wildman–Crippen MR) is 61.0 cm³/mol. The van der Waals surface area contributed by atoms with Crippen molar-refractivity contribution >= 4 is 11.8 Å². The molecule has 0 amide bonds. The molecular weight excluding hydrogens is 178 g/mol. The summed E-state index contributed by atoms with van der Waals surface area (Å²) in [7, 11) is 0. The number of hydrogen-bond donors (Lipinski definition) is 1. The smallest absolute Gasteiger partial charge is 0.0545 e. The van der Waals surface area contributed by atoms with Crippen molar-refractivity contribution in [1.82, 2.24) is 5.32 Å². The molecule has 0 radical (unpaired) electrons. The lowest BCUT2D eigenvalue weighted by atomic mass is 10.0. The Labute approximate surface area is 86.1 Å². The lowest BCUT2D eigenvalue weighted by molar-refractivity contribution is 0.390. The molecule has 1 aliphatic carbocycles. The van der Waals surface area contributed by atoms with Gasteiger partial charge in [-0.3, -0.25) is 0 Å². The molecule has 0 aliphatic heterocycles. The van der Waals surface area contributed by atoms with Gasteiger partial charge in [0.05, 0.1) is 5.75 Å². The van der Waals surface area contributed by atoms with Gasteiger partial charge in [-0.25, -0.2) is 0 Å². The van der Waals surface area contributed by atoms with Crippen LogP contribution >= 0.6 is 11.8 Å². The van der Waals surface area contributed by atoms with Gasteiger partial charge in [0.2, 0.25) is 0 Å². The van der Waals surface area contributed by atoms with Crippen LogP contribution < -0.4 is 5.32 Å². The molecule has 0 heterocycles. The standard InChI is InChI=1S/C11H19NS/c1-4-8-13-9-7-12-10(2)11(3)5-6-11/h1,10,12H,5-9H2,2-3H3. The van der Waals surface area contributed by atoms with Crippen LogP contribution in [-0.2, 0) is 0 Å². The normalized spacial score (nSPS) is 20.7. The van der Waals surface area contributed by atoms with Gasteiger partial charge in [0.1, 0.15) is 0 Å². The van der Waals surface area contributed by atoms with Gasteiger partial charge in [0.25, 0.3) is 0 Å². The van der Waals surface area contributed by atoms with Crippen LogP contribution in [0.5, 0.6) is 0 Å². The van der Waals surface area contributed by atoms with E-state index in [1.54, 1.807) is 0 Å². The molecule has 1 aliphatic rings. The van der Waals surface area contributed by atoms with E-state index in [0.717, 1.165) is 18.1 Å². The molecule has 0 spiro atoms. The number of thioether (sulfide) groups is 1. The van der Waals surface area contributed by atoms with Gasteiger partial charge in [0, 0.05) is 18.3 Å². The van der Waals surface area contributed by atoms with Crippen LogP contribution in [0.15, 0.2) is 0 Å². The van der Waals surface area contributed by atoms with Crippen LogP contribution in [0, 0.1) is 17.8 Å². The second-order valence-corrected chi connectivity index (χ2v) is 5.19. The molecule has 0 aromatic heterocycles. The first-order valence-corrected chi connectivity index (χ1v) is 6.09. The van der Waals surface area contributed by atoms with Gasteiger partial charge in [-0.15, -0.1) is 18.2 Å². The zero-order valence-electron chi connectivity index (χ0n) is 8.60. The molecule has 1 atom stereocenters. The fraction of sp³-hybridized carbons (Fsp3) is 0.818. The molecule has 0 saturated heterocycles. The third-order valence-corrected chi connectivity index (χ3v) is 3.83. The lowest BCUT2D eigenvalue weighted by Gasteiger charge is -2.19. The van der Waals surface area contributed by atoms with E-state index in [9.17, 15) is 0 Å². The van der Waals surface area contributed by atoms with E-state index in [1.165, 1.54) is 12.8 Å². The summed E-state index contributed by atoms with van der Waals surface area (Å²) in [6.45, 7) is 5.74. The van der Waals surface area contributed by atoms with Crippen molar-refractivity contribution < 1.29 is 0 Å². The summed E-state index contributed by atoms with van der Waals surface area (Å²) in [5, 5.41) is 3.55. The zero-order valence-corrected chi connectivity index (χ0v) is 9.41. The summed E-state index contributed by atoms with van der Waals surface area (Å²) in [6, 6.07) is 0.666. The van der Waals surface area contributed by atoms with Gasteiger partial charge < -0.3 is 5.32 Å². The molecule has 1 unspecified atom stereocenters. The van der Waals surface area contributed by atoms with Crippen molar-refractivity contribution in [3.05, 3.63) is 0 Å². The molecule has 2 heteroatoms. The van der Waals surface area contributed by atoms with Crippen molar-refractivity contribution in [2.24, 2.45) is 5.41 Å². The molecule has 0 aromatic carbocycles. The monoisotopic (exact) mass is 197 g/mol. The molecule has 1 nitrogen and oxygen atoms in total. The van der Waals surface area contributed by atoms with Gasteiger partial charge in [-0.1, -0.05) is 12.8 Å². The van der Waals surface area contributed by atoms with Crippen molar-refractivity contribution in [1.29, 1.82) is 0 Å². The summed E-state index contributed by atoms with van der Waals surface area (Å²) < 4.78 is 0. The SMILES string of the molecule is C#CCSCCNC(C)C1(C)CC1. The first-order valence-electron chi connectivity index (χ1n) is 4.93. The minimum Gasteiger partial charge on any atom is -0.313 e. The van der Waals surface area contributed by atoms with E-state index in [4.69, 9.17) is 6.42 Å². The minimum atomic E-state index is 0.594. The van der Waals surface area contributed by atoms with Crippen LogP contribution in [0.3, 0.4) is 0 Å². The fourth-order valence-corrected chi connectivity index (χ4v) is 1.88. The highest BCUT2D eigenvalue weighted by molar-refractivity contribution is 7.99. The van der Waals surface area contributed by atoms with E-state index in [1.807, 2.05) is 11.8 Å². The van der Waals surface area contributed by atoms with Crippen molar-refractivity contribution in [2.75, 3.05) is 18.1 Å². The van der Waals surface area contributed by atoms with Gasteiger partial charge >= 0.3 is 0 Å². The van der Waals surface area contributed by atoms with Crippen LogP contribution in [-0.4, -0.2) is 24.1 Å². The maximum atomic E-state index is 5.16. The molecule has 0 bridgehead atoms. The second kappa shape index (κ2) is 4.93. The van der Waals surface area contributed by atoms with Crippen LogP contribution in [0.4, 0.5) is 0 Å². The summed E-state index contributed by atoms with van der Waals surface area (Å²) in [5.41, 5.74) is 0.594. The Morgan fingerprint density at radius 1 is 1.62 bits per heavy atom. The molecule has 1 N–H and O–H groups in total. The third kappa shape index (κ3) is 3.62. The highest BCUT2D eigenvalue weighted by Gasteiger charge is 2.41. The summed E-state index contributed by atoms with van der Waals surface area (Å²) >= 11 is 1.83. The van der Waals surface area contributed by atoms with Crippen LogP contribution in [0.1, 0.15) is 26.7 Å². The van der Waals surface area contributed by atoms with E-state index >= 15 is 0 Å². The minimum absolute atomic E-state index is 0.594. The highest BCUT2D eigenvalue weighted by Crippen LogP contribution is 2.47. The molecular formula is C11H19NS. The van der Waals surface area contributed by atoms with Crippen LogP contribution in [0.2, 0.25) is 0 Å². The Morgan fingerprint density at radius 3 is 2.85 bits per heavy atom. The van der Waals surface area contributed by atoms with E-state index in [0.29, 0.717) is 11.5 Å². The van der Waals surface area contributed by atoms with Crippen LogP contribution in [0.25, 0.3) is 0 Å². The highest BCUT2D eigenvalue weighted by atomic mass is 32.2. The average molecular weight is 197 g/mol. The maximum Gasteiger partial charge on any atom is 0.0545 e. The molecule has 1 fully saturated rings. The Morgan fingerprint density at radius 2 is 2.31 bits per heavy atom. The lowest BCUT2D eigenvalue weighted by Crippen LogP contribution is -2.34. The summed E-state index contributed by atoms with van der Waals surface area (Å²) in [5.74, 6) is 4.60. The number of hydrogen-bond acceptors (Lipinski definition) is 2. The van der Waals surface area contributed by atoms with E-state index < -0.39 is 0 Å². The topological polar surface area (TPSA) is 12.0 Å².